The largest absolute Gasteiger partial charge is 0.493 e. The quantitative estimate of drug-likeness (QED) is 0.399. The maximum atomic E-state index is 13.4. The Morgan fingerprint density at radius 2 is 1.94 bits per heavy atom. The van der Waals surface area contributed by atoms with Crippen molar-refractivity contribution in [2.75, 3.05) is 20.3 Å². The van der Waals surface area contributed by atoms with E-state index in [0.29, 0.717) is 28.2 Å². The lowest BCUT2D eigenvalue weighted by Crippen LogP contribution is -2.57. The fourth-order valence-corrected chi connectivity index (χ4v) is 5.66. The number of allylic oxidation sites excluding steroid dienone is 1. The molecule has 1 fully saturated rings. The molecule has 4 rings (SSSR count). The molecule has 1 aromatic rings. The van der Waals surface area contributed by atoms with E-state index in [0.717, 1.165) is 31.3 Å². The van der Waals surface area contributed by atoms with Gasteiger partial charge < -0.3 is 35.0 Å². The van der Waals surface area contributed by atoms with Crippen molar-refractivity contribution in [3.63, 3.8) is 0 Å². The second-order valence-corrected chi connectivity index (χ2v) is 9.92. The summed E-state index contributed by atoms with van der Waals surface area (Å²) in [6.45, 7) is 3.32. The lowest BCUT2D eigenvalue weighted by molar-refractivity contribution is -0.135. The molecular weight excluding hydrogens is 464 g/mol. The predicted octanol–water partition coefficient (Wildman–Crippen LogP) is 1.55. The number of fused-ring (bicyclic) bond motifs is 3. The molecule has 2 aliphatic carbocycles. The molecule has 1 saturated carbocycles. The number of rotatable bonds is 8. The van der Waals surface area contributed by atoms with Crippen LogP contribution < -0.4 is 14.8 Å². The van der Waals surface area contributed by atoms with Crippen molar-refractivity contribution in [1.29, 1.82) is 0 Å². The van der Waals surface area contributed by atoms with Crippen LogP contribution in [0.4, 0.5) is 0 Å². The topological polar surface area (TPSA) is 129 Å². The summed E-state index contributed by atoms with van der Waals surface area (Å²) in [5.41, 5.74) is 2.43. The summed E-state index contributed by atoms with van der Waals surface area (Å²) in [6, 6.07) is 2.59. The zero-order chi connectivity index (χ0) is 26.0. The smallest absolute Gasteiger partial charge is 0.247 e. The van der Waals surface area contributed by atoms with E-state index in [4.69, 9.17) is 9.47 Å². The Hall–Kier alpha value is -2.88. The first-order valence-corrected chi connectivity index (χ1v) is 12.5. The number of ether oxygens (including phenoxy) is 2. The van der Waals surface area contributed by atoms with E-state index < -0.39 is 30.1 Å². The zero-order valence-electron chi connectivity index (χ0n) is 21.1. The van der Waals surface area contributed by atoms with Gasteiger partial charge in [0.25, 0.3) is 0 Å². The van der Waals surface area contributed by atoms with E-state index in [-0.39, 0.29) is 31.7 Å². The zero-order valence-corrected chi connectivity index (χ0v) is 21.1. The molecule has 2 amide bonds. The number of hydrogen-bond donors (Lipinski definition) is 4. The molecule has 3 aliphatic rings. The first-order chi connectivity index (χ1) is 17.3. The number of benzene rings is 1. The number of carbonyl (C=O) groups excluding carboxylic acids is 2. The Bertz CT molecular complexity index is 1060. The van der Waals surface area contributed by atoms with E-state index in [2.05, 4.69) is 5.32 Å². The van der Waals surface area contributed by atoms with Crippen LogP contribution in [0.5, 0.6) is 11.5 Å². The van der Waals surface area contributed by atoms with Gasteiger partial charge in [-0.2, -0.15) is 0 Å². The van der Waals surface area contributed by atoms with Crippen LogP contribution in [0.15, 0.2) is 35.4 Å². The van der Waals surface area contributed by atoms with Crippen molar-refractivity contribution in [3.8, 4) is 11.5 Å². The average molecular weight is 501 g/mol. The molecule has 196 valence electrons. The van der Waals surface area contributed by atoms with E-state index in [1.807, 2.05) is 13.8 Å². The second-order valence-electron chi connectivity index (χ2n) is 9.92. The first kappa shape index (κ1) is 26.2. The highest BCUT2D eigenvalue weighted by Gasteiger charge is 2.52. The highest BCUT2D eigenvalue weighted by atomic mass is 16.5. The molecule has 0 radical (unpaired) electrons. The lowest BCUT2D eigenvalue weighted by Gasteiger charge is -2.43. The van der Waals surface area contributed by atoms with Gasteiger partial charge in [-0.1, -0.05) is 18.4 Å². The van der Waals surface area contributed by atoms with Gasteiger partial charge in [0.1, 0.15) is 12.2 Å². The Labute approximate surface area is 211 Å². The van der Waals surface area contributed by atoms with Gasteiger partial charge >= 0.3 is 0 Å². The third-order valence-corrected chi connectivity index (χ3v) is 7.20. The summed E-state index contributed by atoms with van der Waals surface area (Å²) in [7, 11) is 1.49. The number of aliphatic hydroxyl groups excluding tert-OH is 3. The Balaban J connectivity index is 1.83. The summed E-state index contributed by atoms with van der Waals surface area (Å²) in [6.07, 6.45) is 4.96. The van der Waals surface area contributed by atoms with Crippen LogP contribution in [-0.4, -0.2) is 76.6 Å². The van der Waals surface area contributed by atoms with Crippen molar-refractivity contribution in [3.05, 3.63) is 46.6 Å². The van der Waals surface area contributed by atoms with Gasteiger partial charge in [0.2, 0.25) is 11.8 Å². The number of carbonyl (C=O) groups is 2. The third kappa shape index (κ3) is 4.87. The Kier molecular flexibility index (Phi) is 8.02. The number of hydrogen-bond acceptors (Lipinski definition) is 7. The maximum Gasteiger partial charge on any atom is 0.247 e. The fourth-order valence-electron chi connectivity index (χ4n) is 5.66. The van der Waals surface area contributed by atoms with E-state index in [9.17, 15) is 24.9 Å². The third-order valence-electron chi connectivity index (χ3n) is 7.20. The average Bonchev–Trinajstić information content (AvgIpc) is 3.51. The minimum Gasteiger partial charge on any atom is -0.493 e. The molecule has 4 unspecified atom stereocenters. The highest BCUT2D eigenvalue weighted by molar-refractivity contribution is 5.96. The van der Waals surface area contributed by atoms with E-state index >= 15 is 0 Å². The van der Waals surface area contributed by atoms with Crippen molar-refractivity contribution < 1.29 is 34.4 Å². The molecule has 0 aromatic heterocycles. The van der Waals surface area contributed by atoms with E-state index in [1.54, 1.807) is 29.2 Å². The summed E-state index contributed by atoms with van der Waals surface area (Å²) < 4.78 is 11.7. The normalized spacial score (nSPS) is 24.8. The number of amides is 2. The van der Waals surface area contributed by atoms with Crippen LogP contribution in [0.2, 0.25) is 0 Å². The van der Waals surface area contributed by atoms with Crippen LogP contribution in [-0.2, 0) is 16.2 Å². The summed E-state index contributed by atoms with van der Waals surface area (Å²) in [5, 5.41) is 33.4. The number of nitrogens with zero attached hydrogens (tertiary/aromatic N) is 1. The Morgan fingerprint density at radius 1 is 1.22 bits per heavy atom. The van der Waals surface area contributed by atoms with Crippen LogP contribution in [0.3, 0.4) is 0 Å². The van der Waals surface area contributed by atoms with Gasteiger partial charge in [0, 0.05) is 29.8 Å². The van der Waals surface area contributed by atoms with Gasteiger partial charge in [-0.15, -0.1) is 0 Å². The Morgan fingerprint density at radius 3 is 2.56 bits per heavy atom. The maximum absolute atomic E-state index is 13.4. The monoisotopic (exact) mass is 500 g/mol. The molecule has 4 atom stereocenters. The predicted molar refractivity (Wildman–Crippen MR) is 133 cm³/mol. The molecule has 9 heteroatoms. The van der Waals surface area contributed by atoms with Gasteiger partial charge in [-0.25, -0.2) is 0 Å². The molecule has 1 heterocycles. The van der Waals surface area contributed by atoms with Crippen LogP contribution in [0, 0.1) is 0 Å². The first-order valence-electron chi connectivity index (χ1n) is 12.5. The molecule has 0 bridgehead atoms. The summed E-state index contributed by atoms with van der Waals surface area (Å²) >= 11 is 0. The number of nitrogens with one attached hydrogen (secondary N) is 1. The number of methoxy groups -OCH3 is 1. The van der Waals surface area contributed by atoms with Crippen LogP contribution in [0.1, 0.15) is 56.6 Å². The van der Waals surface area contributed by atoms with Gasteiger partial charge in [-0.3, -0.25) is 9.59 Å². The fraction of sp³-hybridized carbons (Fsp3) is 0.556. The summed E-state index contributed by atoms with van der Waals surface area (Å²) in [5.74, 6) is -0.422. The molecule has 4 N–H and O–H groups in total. The molecule has 36 heavy (non-hydrogen) atoms. The van der Waals surface area contributed by atoms with Crippen molar-refractivity contribution >= 4 is 11.8 Å². The van der Waals surface area contributed by atoms with Crippen molar-refractivity contribution in [1.82, 2.24) is 10.2 Å². The van der Waals surface area contributed by atoms with Crippen molar-refractivity contribution in [2.24, 2.45) is 0 Å². The van der Waals surface area contributed by atoms with Gasteiger partial charge in [0.15, 0.2) is 11.5 Å². The van der Waals surface area contributed by atoms with Crippen LogP contribution in [0.25, 0.3) is 0 Å². The SMILES string of the molecule is COc1cc(CO)cc2c1OC1C2C(C(=O)NCCO)=CC(N(C(=O)C=C(C)C)C2CCCC2)C1O. The van der Waals surface area contributed by atoms with Gasteiger partial charge in [-0.05, 0) is 50.5 Å². The van der Waals surface area contributed by atoms with Crippen molar-refractivity contribution in [2.45, 2.75) is 76.3 Å². The molecule has 0 saturated heterocycles. The van der Waals surface area contributed by atoms with Gasteiger partial charge in [0.05, 0.1) is 32.3 Å². The lowest BCUT2D eigenvalue weighted by atomic mass is 9.77. The second kappa shape index (κ2) is 11.0. The highest BCUT2D eigenvalue weighted by Crippen LogP contribution is 2.51. The minimum atomic E-state index is -1.10. The summed E-state index contributed by atoms with van der Waals surface area (Å²) in [4.78, 5) is 28.5. The molecule has 1 aliphatic heterocycles. The standard InChI is InChI=1S/C27H36N2O7/c1-15(2)10-22(32)29(17-6-4-5-7-17)20-13-19(27(34)28-8-9-30)23-18-11-16(14-31)12-21(35-3)25(18)36-26(23)24(20)33/h10-13,17,20,23-24,26,30-31,33H,4-9,14H2,1-3H3,(H,28,34). The van der Waals surface area contributed by atoms with Crippen LogP contribution >= 0.6 is 0 Å². The molecule has 0 spiro atoms. The minimum absolute atomic E-state index is 0.0541. The van der Waals surface area contributed by atoms with E-state index in [1.165, 1.54) is 7.11 Å². The number of aliphatic hydroxyl groups is 3. The molecule has 9 nitrogen and oxygen atoms in total. The molecule has 1 aromatic carbocycles. The molecular formula is C27H36N2O7.